The number of methoxy groups -OCH3 is 1. The summed E-state index contributed by atoms with van der Waals surface area (Å²) < 4.78 is 41.3. The minimum atomic E-state index is -4.72. The molecule has 84 valence electrons. The van der Waals surface area contributed by atoms with Crippen LogP contribution in [0.3, 0.4) is 0 Å². The van der Waals surface area contributed by atoms with E-state index in [9.17, 15) is 13.2 Å². The van der Waals surface area contributed by atoms with Gasteiger partial charge in [-0.2, -0.15) is 13.2 Å². The number of rotatable bonds is 2. The largest absolute Gasteiger partial charge is 0.496 e. The quantitative estimate of drug-likeness (QED) is 0.861. The summed E-state index contributed by atoms with van der Waals surface area (Å²) in [5.41, 5.74) is -0.352. The maximum atomic E-state index is 12.2. The van der Waals surface area contributed by atoms with Crippen molar-refractivity contribution in [1.29, 1.82) is 0 Å². The van der Waals surface area contributed by atoms with E-state index >= 15 is 0 Å². The Morgan fingerprint density at radius 2 is 2.00 bits per heavy atom. The first kappa shape index (κ1) is 12.1. The molecule has 1 unspecified atom stereocenters. The van der Waals surface area contributed by atoms with Gasteiger partial charge >= 0.3 is 6.18 Å². The molecule has 0 heterocycles. The lowest BCUT2D eigenvalue weighted by Gasteiger charge is -2.17. The number of benzene rings is 1. The summed E-state index contributed by atoms with van der Waals surface area (Å²) in [6, 6.07) is 3.56. The van der Waals surface area contributed by atoms with E-state index in [2.05, 4.69) is 0 Å². The summed E-state index contributed by atoms with van der Waals surface area (Å²) >= 11 is 5.57. The zero-order valence-corrected chi connectivity index (χ0v) is 8.43. The predicted octanol–water partition coefficient (Wildman–Crippen LogP) is 2.94. The number of hydrogen-bond acceptors (Lipinski definition) is 2. The first-order valence-corrected chi connectivity index (χ1v) is 4.32. The molecule has 1 N–H and O–H groups in total. The fourth-order valence-electron chi connectivity index (χ4n) is 1.09. The highest BCUT2D eigenvalue weighted by atomic mass is 35.5. The van der Waals surface area contributed by atoms with Gasteiger partial charge in [0.15, 0.2) is 6.10 Å². The molecule has 0 aliphatic heterocycles. The Kier molecular flexibility index (Phi) is 3.46. The summed E-state index contributed by atoms with van der Waals surface area (Å²) in [7, 11) is 1.21. The van der Waals surface area contributed by atoms with E-state index in [4.69, 9.17) is 21.4 Å². The van der Waals surface area contributed by atoms with Crippen LogP contribution in [0.5, 0.6) is 5.75 Å². The highest BCUT2D eigenvalue weighted by Gasteiger charge is 2.40. The molecule has 0 aromatic heterocycles. The number of aliphatic hydroxyl groups excluding tert-OH is 1. The van der Waals surface area contributed by atoms with E-state index in [0.29, 0.717) is 0 Å². The molecule has 2 nitrogen and oxygen atoms in total. The summed E-state index contributed by atoms with van der Waals surface area (Å²) in [5.74, 6) is -0.0904. The minimum absolute atomic E-state index is 0.0904. The second-order valence-electron chi connectivity index (χ2n) is 2.83. The fourth-order valence-corrected chi connectivity index (χ4v) is 1.25. The highest BCUT2D eigenvalue weighted by Crippen LogP contribution is 2.37. The van der Waals surface area contributed by atoms with Gasteiger partial charge < -0.3 is 9.84 Å². The Morgan fingerprint density at radius 3 is 2.47 bits per heavy atom. The van der Waals surface area contributed by atoms with E-state index in [1.54, 1.807) is 0 Å². The lowest BCUT2D eigenvalue weighted by molar-refractivity contribution is -0.207. The molecule has 0 aliphatic rings. The number of halogens is 4. The molecule has 6 heteroatoms. The zero-order chi connectivity index (χ0) is 11.6. The van der Waals surface area contributed by atoms with Crippen LogP contribution in [-0.2, 0) is 0 Å². The zero-order valence-electron chi connectivity index (χ0n) is 7.68. The summed E-state index contributed by atoms with van der Waals surface area (Å²) in [6.07, 6.45) is -7.29. The smallest absolute Gasteiger partial charge is 0.418 e. The lowest BCUT2D eigenvalue weighted by atomic mass is 10.1. The van der Waals surface area contributed by atoms with E-state index < -0.39 is 12.3 Å². The molecule has 0 fully saturated rings. The standard InChI is InChI=1S/C9H8ClF3O2/c1-15-7-4-5(10)2-3-6(7)8(14)9(11,12)13/h2-4,8,14H,1H3. The van der Waals surface area contributed by atoms with Crippen LogP contribution in [0.1, 0.15) is 11.7 Å². The van der Waals surface area contributed by atoms with Crippen molar-refractivity contribution in [2.24, 2.45) is 0 Å². The minimum Gasteiger partial charge on any atom is -0.496 e. The van der Waals surface area contributed by atoms with Crippen LogP contribution in [0, 0.1) is 0 Å². The van der Waals surface area contributed by atoms with Crippen molar-refractivity contribution in [1.82, 2.24) is 0 Å². The first-order valence-electron chi connectivity index (χ1n) is 3.94. The van der Waals surface area contributed by atoms with Crippen molar-refractivity contribution < 1.29 is 23.0 Å². The Morgan fingerprint density at radius 1 is 1.40 bits per heavy atom. The van der Waals surface area contributed by atoms with Gasteiger partial charge in [-0.25, -0.2) is 0 Å². The summed E-state index contributed by atoms with van der Waals surface area (Å²) in [6.45, 7) is 0. The Labute approximate surface area is 89.2 Å². The molecule has 0 aliphatic carbocycles. The molecule has 0 amide bonds. The molecule has 15 heavy (non-hydrogen) atoms. The van der Waals surface area contributed by atoms with E-state index in [1.807, 2.05) is 0 Å². The van der Waals surface area contributed by atoms with Gasteiger partial charge in [0, 0.05) is 10.6 Å². The van der Waals surface area contributed by atoms with Crippen LogP contribution < -0.4 is 4.74 Å². The summed E-state index contributed by atoms with van der Waals surface area (Å²) in [4.78, 5) is 0. The second kappa shape index (κ2) is 4.28. The third-order valence-electron chi connectivity index (χ3n) is 1.80. The van der Waals surface area contributed by atoms with Crippen molar-refractivity contribution in [2.45, 2.75) is 12.3 Å². The van der Waals surface area contributed by atoms with Crippen molar-refractivity contribution >= 4 is 11.6 Å². The van der Waals surface area contributed by atoms with Crippen LogP contribution in [0.2, 0.25) is 5.02 Å². The van der Waals surface area contributed by atoms with Crippen LogP contribution in [0.15, 0.2) is 18.2 Å². The molecular formula is C9H8ClF3O2. The van der Waals surface area contributed by atoms with Gasteiger partial charge in [0.2, 0.25) is 0 Å². The molecule has 0 spiro atoms. The fraction of sp³-hybridized carbons (Fsp3) is 0.333. The number of alkyl halides is 3. The van der Waals surface area contributed by atoms with Gasteiger partial charge in [-0.3, -0.25) is 0 Å². The van der Waals surface area contributed by atoms with Gasteiger partial charge in [-0.05, 0) is 12.1 Å². The third kappa shape index (κ3) is 2.76. The lowest BCUT2D eigenvalue weighted by Crippen LogP contribution is -2.20. The van der Waals surface area contributed by atoms with Gasteiger partial charge in [0.05, 0.1) is 7.11 Å². The molecule has 1 atom stereocenters. The van der Waals surface area contributed by atoms with E-state index in [1.165, 1.54) is 19.2 Å². The molecule has 1 aromatic rings. The molecule has 0 saturated heterocycles. The maximum absolute atomic E-state index is 12.2. The monoisotopic (exact) mass is 240 g/mol. The second-order valence-corrected chi connectivity index (χ2v) is 3.27. The van der Waals surface area contributed by atoms with Gasteiger partial charge in [-0.15, -0.1) is 0 Å². The van der Waals surface area contributed by atoms with E-state index in [0.717, 1.165) is 6.07 Å². The normalized spacial score (nSPS) is 13.7. The highest BCUT2D eigenvalue weighted by molar-refractivity contribution is 6.30. The Balaban J connectivity index is 3.14. The first-order chi connectivity index (χ1) is 6.86. The number of ether oxygens (including phenoxy) is 1. The Hall–Kier alpha value is -0.940. The average Bonchev–Trinajstić information content (AvgIpc) is 2.15. The summed E-state index contributed by atoms with van der Waals surface area (Å²) in [5, 5.41) is 9.25. The molecule has 1 aromatic carbocycles. The van der Waals surface area contributed by atoms with Crippen molar-refractivity contribution in [3.8, 4) is 5.75 Å². The van der Waals surface area contributed by atoms with Crippen molar-refractivity contribution in [2.75, 3.05) is 7.11 Å². The van der Waals surface area contributed by atoms with Gasteiger partial charge in [0.1, 0.15) is 5.75 Å². The topological polar surface area (TPSA) is 29.5 Å². The average molecular weight is 241 g/mol. The maximum Gasteiger partial charge on any atom is 0.418 e. The van der Waals surface area contributed by atoms with Crippen LogP contribution in [-0.4, -0.2) is 18.4 Å². The van der Waals surface area contributed by atoms with Crippen molar-refractivity contribution in [3.63, 3.8) is 0 Å². The molecule has 0 saturated carbocycles. The molecule has 1 rings (SSSR count). The number of hydrogen-bond donors (Lipinski definition) is 1. The molecule has 0 radical (unpaired) electrons. The van der Waals surface area contributed by atoms with Crippen molar-refractivity contribution in [3.05, 3.63) is 28.8 Å². The van der Waals surface area contributed by atoms with Crippen LogP contribution in [0.25, 0.3) is 0 Å². The number of aliphatic hydroxyl groups is 1. The SMILES string of the molecule is COc1cc(Cl)ccc1C(O)C(F)(F)F. The van der Waals surface area contributed by atoms with Gasteiger partial charge in [0.25, 0.3) is 0 Å². The Bertz CT molecular complexity index is 352. The van der Waals surface area contributed by atoms with Crippen LogP contribution >= 0.6 is 11.6 Å². The molecular weight excluding hydrogens is 233 g/mol. The predicted molar refractivity (Wildman–Crippen MR) is 49.0 cm³/mol. The van der Waals surface area contributed by atoms with Gasteiger partial charge in [-0.1, -0.05) is 17.7 Å². The third-order valence-corrected chi connectivity index (χ3v) is 2.04. The molecule has 0 bridgehead atoms. The van der Waals surface area contributed by atoms with Crippen LogP contribution in [0.4, 0.5) is 13.2 Å². The van der Waals surface area contributed by atoms with E-state index in [-0.39, 0.29) is 16.3 Å².